The van der Waals surface area contributed by atoms with Crippen LogP contribution in [-0.2, 0) is 0 Å². The molecule has 6 aliphatic rings. The van der Waals surface area contributed by atoms with Gasteiger partial charge in [-0.2, -0.15) is 0 Å². The summed E-state index contributed by atoms with van der Waals surface area (Å²) >= 11 is 0. The van der Waals surface area contributed by atoms with Crippen LogP contribution in [0.15, 0.2) is 0 Å². The van der Waals surface area contributed by atoms with Crippen molar-refractivity contribution in [2.75, 3.05) is 39.3 Å². The number of hydrogen-bond donors (Lipinski definition) is 4. The maximum Gasteiger partial charge on any atom is 0.00387 e. The van der Waals surface area contributed by atoms with E-state index in [9.17, 15) is 0 Å². The molecule has 0 aromatic rings. The predicted molar refractivity (Wildman–Crippen MR) is 190 cm³/mol. The molecule has 0 bridgehead atoms. The third-order valence-corrected chi connectivity index (χ3v) is 10.1. The van der Waals surface area contributed by atoms with E-state index < -0.39 is 0 Å². The summed E-state index contributed by atoms with van der Waals surface area (Å²) in [6, 6.07) is 1.57. The minimum Gasteiger partial charge on any atom is -0.317 e. The fourth-order valence-corrected chi connectivity index (χ4v) is 6.71. The van der Waals surface area contributed by atoms with E-state index in [1.54, 1.807) is 0 Å². The summed E-state index contributed by atoms with van der Waals surface area (Å²) < 4.78 is 0. The van der Waals surface area contributed by atoms with Crippen molar-refractivity contribution in [1.82, 2.24) is 21.3 Å². The third-order valence-electron chi connectivity index (χ3n) is 10.1. The molecule has 42 heavy (non-hydrogen) atoms. The maximum atomic E-state index is 3.38. The van der Waals surface area contributed by atoms with Crippen molar-refractivity contribution in [2.24, 2.45) is 23.7 Å². The van der Waals surface area contributed by atoms with Crippen molar-refractivity contribution in [3.8, 4) is 0 Å². The number of hydrogen-bond acceptors (Lipinski definition) is 4. The molecule has 0 radical (unpaired) electrons. The van der Waals surface area contributed by atoms with Gasteiger partial charge in [0.1, 0.15) is 0 Å². The molecule has 2 saturated carbocycles. The number of piperidine rings is 3. The Hall–Kier alpha value is -0.160. The molecule has 4 N–H and O–H groups in total. The Morgan fingerprint density at radius 1 is 0.310 bits per heavy atom. The lowest BCUT2D eigenvalue weighted by molar-refractivity contribution is 0.385. The topological polar surface area (TPSA) is 48.1 Å². The molecule has 0 aromatic carbocycles. The molecular formula is C38H80N4. The van der Waals surface area contributed by atoms with Crippen LogP contribution in [0.4, 0.5) is 0 Å². The zero-order valence-corrected chi connectivity index (χ0v) is 29.8. The SMILES string of the molecule is CC1CCCC1.CC1CCCCC1.CC1CCCCN1.CC1CCCCN1.CC1CCCNC1.CC1CCCNCC1. The van der Waals surface area contributed by atoms with Crippen molar-refractivity contribution in [3.63, 3.8) is 0 Å². The van der Waals surface area contributed by atoms with E-state index in [-0.39, 0.29) is 0 Å². The second kappa shape index (κ2) is 28.3. The molecule has 6 rings (SSSR count). The van der Waals surface area contributed by atoms with Gasteiger partial charge in [-0.15, -0.1) is 0 Å². The molecule has 6 fully saturated rings. The van der Waals surface area contributed by atoms with Gasteiger partial charge in [-0.25, -0.2) is 0 Å². The normalized spacial score (nSPS) is 30.4. The molecule has 0 spiro atoms. The summed E-state index contributed by atoms with van der Waals surface area (Å²) in [6.07, 6.45) is 28.7. The molecule has 4 unspecified atom stereocenters. The molecule has 0 aromatic heterocycles. The second-order valence-electron chi connectivity index (χ2n) is 15.1. The minimum atomic E-state index is 0.786. The van der Waals surface area contributed by atoms with Gasteiger partial charge in [0.25, 0.3) is 0 Å². The Balaban J connectivity index is 0.000000252. The lowest BCUT2D eigenvalue weighted by Gasteiger charge is -2.18. The van der Waals surface area contributed by atoms with Gasteiger partial charge in [0.15, 0.2) is 0 Å². The monoisotopic (exact) mass is 593 g/mol. The van der Waals surface area contributed by atoms with E-state index >= 15 is 0 Å². The number of nitrogens with one attached hydrogen (secondary N) is 4. The maximum absolute atomic E-state index is 3.38. The van der Waals surface area contributed by atoms with Crippen molar-refractivity contribution < 1.29 is 0 Å². The molecule has 4 heterocycles. The highest BCUT2D eigenvalue weighted by Crippen LogP contribution is 2.23. The second-order valence-corrected chi connectivity index (χ2v) is 15.1. The van der Waals surface area contributed by atoms with Gasteiger partial charge >= 0.3 is 0 Å². The first kappa shape index (κ1) is 39.9. The van der Waals surface area contributed by atoms with Crippen molar-refractivity contribution in [3.05, 3.63) is 0 Å². The van der Waals surface area contributed by atoms with Crippen molar-refractivity contribution >= 4 is 0 Å². The molecule has 4 aliphatic heterocycles. The van der Waals surface area contributed by atoms with E-state index in [1.165, 1.54) is 168 Å². The van der Waals surface area contributed by atoms with Gasteiger partial charge < -0.3 is 21.3 Å². The Labute approximate surface area is 265 Å². The largest absolute Gasteiger partial charge is 0.317 e. The lowest BCUT2D eigenvalue weighted by Crippen LogP contribution is -2.30. The zero-order valence-electron chi connectivity index (χ0n) is 29.8. The minimum absolute atomic E-state index is 0.786. The van der Waals surface area contributed by atoms with Crippen LogP contribution >= 0.6 is 0 Å². The van der Waals surface area contributed by atoms with E-state index in [4.69, 9.17) is 0 Å². The smallest absolute Gasteiger partial charge is 0.00387 e. The van der Waals surface area contributed by atoms with Crippen LogP contribution in [0.5, 0.6) is 0 Å². The quantitative estimate of drug-likeness (QED) is 0.226. The van der Waals surface area contributed by atoms with Crippen LogP contribution in [0.2, 0.25) is 0 Å². The average Bonchev–Trinajstić information content (AvgIpc) is 3.36. The van der Waals surface area contributed by atoms with Crippen LogP contribution < -0.4 is 21.3 Å². The highest BCUT2D eigenvalue weighted by molar-refractivity contribution is 4.67. The first-order chi connectivity index (χ1) is 20.4. The highest BCUT2D eigenvalue weighted by Gasteiger charge is 2.08. The number of rotatable bonds is 0. The van der Waals surface area contributed by atoms with Crippen molar-refractivity contribution in [2.45, 2.75) is 182 Å². The highest BCUT2D eigenvalue weighted by atomic mass is 14.9. The summed E-state index contributed by atoms with van der Waals surface area (Å²) in [7, 11) is 0. The molecule has 0 amide bonds. The van der Waals surface area contributed by atoms with Crippen LogP contribution in [0.3, 0.4) is 0 Å². The average molecular weight is 593 g/mol. The fraction of sp³-hybridized carbons (Fsp3) is 1.00. The molecule has 4 nitrogen and oxygen atoms in total. The molecular weight excluding hydrogens is 512 g/mol. The van der Waals surface area contributed by atoms with Gasteiger partial charge in [0.2, 0.25) is 0 Å². The van der Waals surface area contributed by atoms with Gasteiger partial charge in [-0.05, 0) is 135 Å². The summed E-state index contributed by atoms with van der Waals surface area (Å²) in [6.45, 7) is 21.3. The van der Waals surface area contributed by atoms with Crippen LogP contribution in [0, 0.1) is 23.7 Å². The van der Waals surface area contributed by atoms with E-state index in [0.717, 1.165) is 35.8 Å². The zero-order chi connectivity index (χ0) is 30.7. The fourth-order valence-electron chi connectivity index (χ4n) is 6.71. The Bertz CT molecular complexity index is 453. The Morgan fingerprint density at radius 3 is 1.02 bits per heavy atom. The van der Waals surface area contributed by atoms with Crippen LogP contribution in [0.25, 0.3) is 0 Å². The molecule has 2 aliphatic carbocycles. The van der Waals surface area contributed by atoms with E-state index in [0.29, 0.717) is 0 Å². The summed E-state index contributed by atoms with van der Waals surface area (Å²) in [5.74, 6) is 3.97. The van der Waals surface area contributed by atoms with E-state index in [1.807, 2.05) is 0 Å². The summed E-state index contributed by atoms with van der Waals surface area (Å²) in [4.78, 5) is 0. The molecule has 4 atom stereocenters. The Kier molecular flexibility index (Phi) is 26.9. The Morgan fingerprint density at radius 2 is 0.714 bits per heavy atom. The third kappa shape index (κ3) is 26.3. The predicted octanol–water partition coefficient (Wildman–Crippen LogP) is 9.48. The van der Waals surface area contributed by atoms with E-state index in [2.05, 4.69) is 62.8 Å². The molecule has 4 saturated heterocycles. The van der Waals surface area contributed by atoms with Gasteiger partial charge in [-0.1, -0.05) is 98.3 Å². The lowest BCUT2D eigenvalue weighted by atomic mass is 9.91. The van der Waals surface area contributed by atoms with Crippen LogP contribution in [0.1, 0.15) is 170 Å². The van der Waals surface area contributed by atoms with Crippen molar-refractivity contribution in [1.29, 1.82) is 0 Å². The van der Waals surface area contributed by atoms with Gasteiger partial charge in [0, 0.05) is 12.1 Å². The summed E-state index contributed by atoms with van der Waals surface area (Å²) in [5, 5.41) is 13.5. The first-order valence-electron chi connectivity index (χ1n) is 19.2. The first-order valence-corrected chi connectivity index (χ1v) is 19.2. The van der Waals surface area contributed by atoms with Gasteiger partial charge in [-0.3, -0.25) is 0 Å². The van der Waals surface area contributed by atoms with Gasteiger partial charge in [0.05, 0.1) is 0 Å². The molecule has 252 valence electrons. The standard InChI is InChI=1S/C7H15N.C7H14.3C6H13N.C6H12/c1-7-3-2-5-8-6-4-7;1-7-5-3-2-4-6-7;1-6-3-2-4-7-5-6;2*1-6-4-2-3-5-7-6;1-6-4-2-3-5-6/h7-8H,2-6H2,1H3;7H,2-6H2,1H3;3*6-7H,2-5H2,1H3;6H,2-5H2,1H3. The van der Waals surface area contributed by atoms with Crippen LogP contribution in [-0.4, -0.2) is 51.4 Å². The molecule has 4 heteroatoms. The summed E-state index contributed by atoms with van der Waals surface area (Å²) in [5.41, 5.74) is 0.